The van der Waals surface area contributed by atoms with E-state index in [1.54, 1.807) is 6.08 Å². The summed E-state index contributed by atoms with van der Waals surface area (Å²) < 4.78 is 22.7. The van der Waals surface area contributed by atoms with E-state index < -0.39 is 86.8 Å². The SMILES string of the molecule is CC/C=C\C/C=C\C/C=C\C/C=C\C/C=C\C/C=C\C/C=C\C/C=C\C/C=C\C/C=C\CCCCC(=O)NC(COC1OC(CO)C(OC2OC(CO)C(O)C(O)C2O)C(O)C1O)C(O)/C=C/CCCCCCCCCCCCC. The van der Waals surface area contributed by atoms with Gasteiger partial charge in [0, 0.05) is 6.42 Å². The topological polar surface area (TPSA) is 228 Å². The van der Waals surface area contributed by atoms with Crippen molar-refractivity contribution >= 4 is 5.91 Å². The smallest absolute Gasteiger partial charge is 0.220 e. The van der Waals surface area contributed by atoms with Gasteiger partial charge in [-0.05, 0) is 96.3 Å². The Bertz CT molecular complexity index is 1850. The highest BCUT2D eigenvalue weighted by Gasteiger charge is 2.51. The molecule has 9 N–H and O–H groups in total. The summed E-state index contributed by atoms with van der Waals surface area (Å²) in [5, 5.41) is 87.0. The fourth-order valence-electron chi connectivity index (χ4n) is 8.96. The number of allylic oxidation sites excluding steroid dienone is 21. The van der Waals surface area contributed by atoms with Gasteiger partial charge in [-0.1, -0.05) is 212 Å². The van der Waals surface area contributed by atoms with Crippen LogP contribution in [0.5, 0.6) is 0 Å². The number of rotatable bonds is 46. The maximum atomic E-state index is 13.2. The van der Waals surface area contributed by atoms with Crippen molar-refractivity contribution in [2.45, 2.75) is 254 Å². The molecule has 0 aromatic carbocycles. The van der Waals surface area contributed by atoms with Crippen LogP contribution in [0.3, 0.4) is 0 Å². The van der Waals surface area contributed by atoms with Crippen molar-refractivity contribution in [1.29, 1.82) is 0 Å². The van der Waals surface area contributed by atoms with E-state index in [0.29, 0.717) is 6.42 Å². The van der Waals surface area contributed by atoms with Gasteiger partial charge in [0.1, 0.15) is 48.8 Å². The van der Waals surface area contributed by atoms with Crippen molar-refractivity contribution in [3.05, 3.63) is 134 Å². The molecule has 80 heavy (non-hydrogen) atoms. The van der Waals surface area contributed by atoms with Gasteiger partial charge in [0.05, 0.1) is 32.0 Å². The second kappa shape index (κ2) is 49.7. The standard InChI is InChI=1S/C66H107NO13/c1-3-5-7-9-11-13-15-17-18-19-20-21-22-23-24-25-26-27-28-29-30-31-32-33-34-35-36-38-40-42-44-46-48-50-58(71)67-54(55(70)49-47-45-43-41-39-37-16-14-12-10-8-6-4-2)53-77-65-63(76)61(74)64(57(52-69)79-65)80-66-62(75)60(73)59(72)56(51-68)78-66/h5,7,11,13,17-18,20-21,23-24,26-27,29-30,32-33,35-36,40,42,47,49,54-57,59-66,68-70,72-76H,3-4,6,8-10,12,14-16,19,22,25,28,31,34,37-39,41,43-46,48,50-53H2,1-2H3,(H,67,71)/b7-5-,13-11-,18-17-,21-20-,24-23-,27-26-,30-29-,33-32-,36-35-,42-40-,49-47+. The zero-order chi connectivity index (χ0) is 58.1. The molecule has 0 spiro atoms. The number of nitrogens with one attached hydrogen (secondary N) is 1. The van der Waals surface area contributed by atoms with Crippen molar-refractivity contribution in [3.8, 4) is 0 Å². The fraction of sp³-hybridized carbons (Fsp3) is 0.652. The average molecular weight is 1120 g/mol. The molecule has 0 radical (unpaired) electrons. The van der Waals surface area contributed by atoms with Gasteiger partial charge in [-0.25, -0.2) is 0 Å². The van der Waals surface area contributed by atoms with Gasteiger partial charge < -0.3 is 65.1 Å². The molecule has 0 bridgehead atoms. The molecule has 14 heteroatoms. The molecule has 1 amide bonds. The van der Waals surface area contributed by atoms with Crippen LogP contribution in [-0.4, -0.2) is 140 Å². The van der Waals surface area contributed by atoms with Crippen molar-refractivity contribution < 1.29 is 64.6 Å². The number of aliphatic hydroxyl groups is 8. The Balaban J connectivity index is 1.73. The summed E-state index contributed by atoms with van der Waals surface area (Å²) >= 11 is 0. The molecule has 0 saturated carbocycles. The van der Waals surface area contributed by atoms with Crippen molar-refractivity contribution in [1.82, 2.24) is 5.32 Å². The van der Waals surface area contributed by atoms with Gasteiger partial charge in [-0.2, -0.15) is 0 Å². The molecule has 2 rings (SSSR count). The van der Waals surface area contributed by atoms with E-state index in [0.717, 1.165) is 103 Å². The lowest BCUT2D eigenvalue weighted by atomic mass is 9.97. The minimum atomic E-state index is -1.80. The van der Waals surface area contributed by atoms with Crippen LogP contribution in [0.2, 0.25) is 0 Å². The van der Waals surface area contributed by atoms with Crippen LogP contribution in [0.4, 0.5) is 0 Å². The minimum Gasteiger partial charge on any atom is -0.394 e. The summed E-state index contributed by atoms with van der Waals surface area (Å²) in [4.78, 5) is 13.2. The van der Waals surface area contributed by atoms with Crippen LogP contribution in [-0.2, 0) is 23.7 Å². The Kier molecular flexibility index (Phi) is 44.9. The Morgan fingerprint density at radius 3 is 1.32 bits per heavy atom. The van der Waals surface area contributed by atoms with E-state index >= 15 is 0 Å². The summed E-state index contributed by atoms with van der Waals surface area (Å²) in [6.07, 6.45) is 56.4. The molecule has 454 valence electrons. The van der Waals surface area contributed by atoms with Crippen molar-refractivity contribution in [2.75, 3.05) is 19.8 Å². The van der Waals surface area contributed by atoms with E-state index in [2.05, 4.69) is 141 Å². The van der Waals surface area contributed by atoms with Gasteiger partial charge in [-0.15, -0.1) is 0 Å². The molecule has 0 aromatic heterocycles. The van der Waals surface area contributed by atoms with Crippen LogP contribution < -0.4 is 5.32 Å². The van der Waals surface area contributed by atoms with Crippen molar-refractivity contribution in [3.63, 3.8) is 0 Å². The summed E-state index contributed by atoms with van der Waals surface area (Å²) in [6, 6.07) is -0.948. The molecular weight excluding hydrogens is 1010 g/mol. The molecule has 2 aliphatic heterocycles. The van der Waals surface area contributed by atoms with Crippen LogP contribution in [0.15, 0.2) is 134 Å². The van der Waals surface area contributed by atoms with Crippen LogP contribution in [0.25, 0.3) is 0 Å². The van der Waals surface area contributed by atoms with Crippen LogP contribution in [0.1, 0.15) is 181 Å². The number of amides is 1. The van der Waals surface area contributed by atoms with E-state index in [9.17, 15) is 45.6 Å². The Morgan fingerprint density at radius 2 is 0.863 bits per heavy atom. The maximum absolute atomic E-state index is 13.2. The minimum absolute atomic E-state index is 0.217. The zero-order valence-corrected chi connectivity index (χ0v) is 48.8. The summed E-state index contributed by atoms with van der Waals surface area (Å²) in [5.74, 6) is -0.289. The largest absolute Gasteiger partial charge is 0.394 e. The lowest BCUT2D eigenvalue weighted by Gasteiger charge is -2.46. The number of carbonyl (C=O) groups excluding carboxylic acids is 1. The molecule has 0 aliphatic carbocycles. The van der Waals surface area contributed by atoms with Crippen molar-refractivity contribution in [2.24, 2.45) is 0 Å². The molecule has 12 atom stereocenters. The third kappa shape index (κ3) is 34.5. The normalized spacial score (nSPS) is 25.2. The summed E-state index contributed by atoms with van der Waals surface area (Å²) in [7, 11) is 0. The molecule has 2 heterocycles. The molecule has 2 fully saturated rings. The number of hydrogen-bond acceptors (Lipinski definition) is 13. The first-order valence-electron chi connectivity index (χ1n) is 30.4. The lowest BCUT2D eigenvalue weighted by Crippen LogP contribution is -2.65. The highest BCUT2D eigenvalue weighted by molar-refractivity contribution is 5.76. The van der Waals surface area contributed by atoms with Gasteiger partial charge in [-0.3, -0.25) is 4.79 Å². The van der Waals surface area contributed by atoms with Gasteiger partial charge in [0.15, 0.2) is 12.6 Å². The predicted octanol–water partition coefficient (Wildman–Crippen LogP) is 10.8. The molecule has 0 aromatic rings. The number of hydrogen-bond donors (Lipinski definition) is 9. The van der Waals surface area contributed by atoms with E-state index in [4.69, 9.17) is 18.9 Å². The molecule has 2 saturated heterocycles. The molecule has 12 unspecified atom stereocenters. The van der Waals surface area contributed by atoms with Crippen LogP contribution in [0, 0.1) is 0 Å². The summed E-state index contributed by atoms with van der Waals surface area (Å²) in [6.45, 7) is 2.62. The highest BCUT2D eigenvalue weighted by atomic mass is 16.7. The average Bonchev–Trinajstić information content (AvgIpc) is 3.49. The zero-order valence-electron chi connectivity index (χ0n) is 48.8. The third-order valence-electron chi connectivity index (χ3n) is 13.8. The molecular formula is C66H107NO13. The Hall–Kier alpha value is -3.87. The number of unbranched alkanes of at least 4 members (excludes halogenated alkanes) is 13. The van der Waals surface area contributed by atoms with Gasteiger partial charge in [0.2, 0.25) is 5.91 Å². The number of ether oxygens (including phenoxy) is 4. The monoisotopic (exact) mass is 1120 g/mol. The fourth-order valence-corrected chi connectivity index (χ4v) is 8.96. The first-order valence-corrected chi connectivity index (χ1v) is 30.4. The first-order chi connectivity index (χ1) is 39.1. The van der Waals surface area contributed by atoms with E-state index in [1.165, 1.54) is 51.4 Å². The summed E-state index contributed by atoms with van der Waals surface area (Å²) in [5.41, 5.74) is 0. The van der Waals surface area contributed by atoms with Gasteiger partial charge in [0.25, 0.3) is 0 Å². The molecule has 2 aliphatic rings. The molecule has 14 nitrogen and oxygen atoms in total. The highest BCUT2D eigenvalue weighted by Crippen LogP contribution is 2.30. The van der Waals surface area contributed by atoms with Crippen LogP contribution >= 0.6 is 0 Å². The van der Waals surface area contributed by atoms with E-state index in [-0.39, 0.29) is 18.9 Å². The van der Waals surface area contributed by atoms with E-state index in [1.807, 2.05) is 6.08 Å². The number of carbonyl (C=O) groups is 1. The second-order valence-corrected chi connectivity index (χ2v) is 20.7. The van der Waals surface area contributed by atoms with Gasteiger partial charge >= 0.3 is 0 Å². The maximum Gasteiger partial charge on any atom is 0.220 e. The quantitative estimate of drug-likeness (QED) is 0.0204. The predicted molar refractivity (Wildman–Crippen MR) is 322 cm³/mol. The Labute approximate surface area is 481 Å². The second-order valence-electron chi connectivity index (χ2n) is 20.7. The lowest BCUT2D eigenvalue weighted by molar-refractivity contribution is -0.359. The first kappa shape index (κ1) is 72.2. The Morgan fingerprint density at radius 1 is 0.463 bits per heavy atom. The third-order valence-corrected chi connectivity index (χ3v) is 13.8. The number of aliphatic hydroxyl groups excluding tert-OH is 8.